The van der Waals surface area contributed by atoms with Gasteiger partial charge in [-0.05, 0) is 0 Å². The van der Waals surface area contributed by atoms with Crippen molar-refractivity contribution in [2.45, 2.75) is 12.1 Å². The monoisotopic (exact) mass is 214 g/mol. The molecule has 0 radical (unpaired) electrons. The highest BCUT2D eigenvalue weighted by atomic mass is 16.5. The fourth-order valence-corrected chi connectivity index (χ4v) is 2.06. The van der Waals surface area contributed by atoms with Crippen molar-refractivity contribution in [3.8, 4) is 0 Å². The highest BCUT2D eigenvalue weighted by Gasteiger charge is 2.40. The molecule has 0 spiro atoms. The molecular formula is C10H18N2O3. The van der Waals surface area contributed by atoms with E-state index < -0.39 is 0 Å². The Morgan fingerprint density at radius 2 is 2.33 bits per heavy atom. The van der Waals surface area contributed by atoms with E-state index in [9.17, 15) is 4.79 Å². The van der Waals surface area contributed by atoms with Gasteiger partial charge in [-0.1, -0.05) is 0 Å². The summed E-state index contributed by atoms with van der Waals surface area (Å²) in [4.78, 5) is 12.9. The molecule has 15 heavy (non-hydrogen) atoms. The van der Waals surface area contributed by atoms with Crippen LogP contribution in [0.1, 0.15) is 0 Å². The molecular weight excluding hydrogens is 196 g/mol. The Balaban J connectivity index is 1.78. The summed E-state index contributed by atoms with van der Waals surface area (Å²) in [5, 5.41) is 3.35. The zero-order valence-corrected chi connectivity index (χ0v) is 9.23. The molecule has 1 amide bonds. The van der Waals surface area contributed by atoms with Crippen molar-refractivity contribution >= 4 is 5.91 Å². The van der Waals surface area contributed by atoms with Crippen LogP contribution in [0.4, 0.5) is 0 Å². The highest BCUT2D eigenvalue weighted by molar-refractivity contribution is 5.76. The van der Waals surface area contributed by atoms with Crippen LogP contribution >= 0.6 is 0 Å². The lowest BCUT2D eigenvalue weighted by Crippen LogP contribution is -2.32. The Kier molecular flexibility index (Phi) is 3.23. The molecule has 3 atom stereocenters. The van der Waals surface area contributed by atoms with Gasteiger partial charge in [0.25, 0.3) is 0 Å². The zero-order valence-electron chi connectivity index (χ0n) is 9.23. The Bertz CT molecular complexity index is 245. The van der Waals surface area contributed by atoms with Crippen LogP contribution in [0.25, 0.3) is 0 Å². The minimum atomic E-state index is 0.0114. The van der Waals surface area contributed by atoms with Gasteiger partial charge in [0.1, 0.15) is 6.61 Å². The zero-order chi connectivity index (χ0) is 10.8. The van der Waals surface area contributed by atoms with E-state index in [4.69, 9.17) is 9.47 Å². The Labute approximate surface area is 89.7 Å². The van der Waals surface area contributed by atoms with E-state index >= 15 is 0 Å². The number of carbonyl (C=O) groups is 1. The normalized spacial score (nSPS) is 34.1. The van der Waals surface area contributed by atoms with Crippen molar-refractivity contribution in [3.05, 3.63) is 0 Å². The van der Waals surface area contributed by atoms with E-state index in [2.05, 4.69) is 5.32 Å². The topological polar surface area (TPSA) is 50.8 Å². The summed E-state index contributed by atoms with van der Waals surface area (Å²) in [6, 6.07) is 0.421. The third-order valence-electron chi connectivity index (χ3n) is 3.10. The summed E-state index contributed by atoms with van der Waals surface area (Å²) >= 11 is 0. The second kappa shape index (κ2) is 4.47. The third-order valence-corrected chi connectivity index (χ3v) is 3.10. The maximum Gasteiger partial charge on any atom is 0.248 e. The molecule has 0 unspecified atom stereocenters. The second-order valence-electron chi connectivity index (χ2n) is 4.35. The number of nitrogens with zero attached hydrogens (tertiary/aromatic N) is 1. The highest BCUT2D eigenvalue weighted by Crippen LogP contribution is 2.24. The average molecular weight is 214 g/mol. The molecule has 0 aromatic heterocycles. The molecule has 5 nitrogen and oxygen atoms in total. The Hall–Kier alpha value is -0.650. The summed E-state index contributed by atoms with van der Waals surface area (Å²) in [6.07, 6.45) is 0.126. The first-order valence-electron chi connectivity index (χ1n) is 5.31. The van der Waals surface area contributed by atoms with Crippen molar-refractivity contribution in [1.82, 2.24) is 10.2 Å². The molecule has 2 aliphatic heterocycles. The van der Waals surface area contributed by atoms with Gasteiger partial charge < -0.3 is 19.7 Å². The summed E-state index contributed by atoms with van der Waals surface area (Å²) in [6.45, 7) is 2.52. The number of carbonyl (C=O) groups excluding carboxylic acids is 1. The quantitative estimate of drug-likeness (QED) is 0.660. The molecule has 2 fully saturated rings. The number of hydrogen-bond acceptors (Lipinski definition) is 4. The molecule has 0 aromatic rings. The predicted octanol–water partition coefficient (Wildman–Crippen LogP) is -0.922. The van der Waals surface area contributed by atoms with Gasteiger partial charge in [-0.15, -0.1) is 0 Å². The van der Waals surface area contributed by atoms with E-state index in [1.165, 1.54) is 0 Å². The number of fused-ring (bicyclic) bond motifs is 1. The van der Waals surface area contributed by atoms with Gasteiger partial charge in [0, 0.05) is 32.6 Å². The van der Waals surface area contributed by atoms with Crippen LogP contribution in [-0.4, -0.2) is 63.4 Å². The van der Waals surface area contributed by atoms with Gasteiger partial charge in [0.2, 0.25) is 5.91 Å². The van der Waals surface area contributed by atoms with Crippen LogP contribution < -0.4 is 5.32 Å². The van der Waals surface area contributed by atoms with Gasteiger partial charge >= 0.3 is 0 Å². The number of amides is 1. The van der Waals surface area contributed by atoms with Crippen molar-refractivity contribution < 1.29 is 14.3 Å². The minimum Gasteiger partial charge on any atom is -0.379 e. The standard InChI is InChI=1S/C10H18N2O3/c1-12(2)10(13)6-15-9-3-11-8-5-14-4-7(8)9/h7-9,11H,3-6H2,1-2H3/t7-,8+,9+/m0/s1. The molecule has 2 saturated heterocycles. The van der Waals surface area contributed by atoms with Gasteiger partial charge in [-0.25, -0.2) is 0 Å². The Morgan fingerprint density at radius 3 is 3.07 bits per heavy atom. The second-order valence-corrected chi connectivity index (χ2v) is 4.35. The molecule has 0 saturated carbocycles. The number of nitrogens with one attached hydrogen (secondary N) is 1. The SMILES string of the molecule is CN(C)C(=O)CO[C@@H]1CN[C@@H]2COC[C@@H]21. The lowest BCUT2D eigenvalue weighted by Gasteiger charge is -2.18. The lowest BCUT2D eigenvalue weighted by molar-refractivity contribution is -0.136. The van der Waals surface area contributed by atoms with Crippen LogP contribution in [0.5, 0.6) is 0 Å². The van der Waals surface area contributed by atoms with Gasteiger partial charge in [-0.3, -0.25) is 4.79 Å². The average Bonchev–Trinajstić information content (AvgIpc) is 2.76. The van der Waals surface area contributed by atoms with Crippen LogP contribution in [-0.2, 0) is 14.3 Å². The number of hydrogen-bond donors (Lipinski definition) is 1. The number of ether oxygens (including phenoxy) is 2. The van der Waals surface area contributed by atoms with Crippen molar-refractivity contribution in [3.63, 3.8) is 0 Å². The third kappa shape index (κ3) is 2.30. The maximum absolute atomic E-state index is 11.3. The van der Waals surface area contributed by atoms with Gasteiger partial charge in [0.05, 0.1) is 19.3 Å². The molecule has 0 bridgehead atoms. The van der Waals surface area contributed by atoms with Gasteiger partial charge in [-0.2, -0.15) is 0 Å². The Morgan fingerprint density at radius 1 is 1.53 bits per heavy atom. The summed E-state index contributed by atoms with van der Waals surface area (Å²) in [5.41, 5.74) is 0. The first-order valence-corrected chi connectivity index (χ1v) is 5.31. The van der Waals surface area contributed by atoms with E-state index in [0.29, 0.717) is 12.0 Å². The molecule has 0 aliphatic carbocycles. The smallest absolute Gasteiger partial charge is 0.248 e. The molecule has 5 heteroatoms. The molecule has 2 aliphatic rings. The van der Waals surface area contributed by atoms with Crippen molar-refractivity contribution in [2.75, 3.05) is 40.5 Å². The molecule has 2 heterocycles. The first kappa shape index (κ1) is 10.9. The maximum atomic E-state index is 11.3. The molecule has 0 aromatic carbocycles. The van der Waals surface area contributed by atoms with Crippen LogP contribution in [0, 0.1) is 5.92 Å². The largest absolute Gasteiger partial charge is 0.379 e. The molecule has 2 rings (SSSR count). The van der Waals surface area contributed by atoms with Crippen LogP contribution in [0.2, 0.25) is 0 Å². The fraction of sp³-hybridized carbons (Fsp3) is 0.900. The summed E-state index contributed by atoms with van der Waals surface area (Å²) in [7, 11) is 3.47. The van der Waals surface area contributed by atoms with Crippen molar-refractivity contribution in [1.29, 1.82) is 0 Å². The first-order chi connectivity index (χ1) is 7.18. The summed E-state index contributed by atoms with van der Waals surface area (Å²) < 4.78 is 11.0. The minimum absolute atomic E-state index is 0.0114. The number of rotatable bonds is 3. The van der Waals surface area contributed by atoms with E-state index in [-0.39, 0.29) is 18.6 Å². The van der Waals surface area contributed by atoms with E-state index in [0.717, 1.165) is 19.8 Å². The lowest BCUT2D eigenvalue weighted by atomic mass is 10.0. The van der Waals surface area contributed by atoms with Crippen molar-refractivity contribution in [2.24, 2.45) is 5.92 Å². The van der Waals surface area contributed by atoms with E-state index in [1.807, 2.05) is 0 Å². The summed E-state index contributed by atoms with van der Waals surface area (Å²) in [5.74, 6) is 0.428. The fourth-order valence-electron chi connectivity index (χ4n) is 2.06. The number of likely N-dealkylation sites (N-methyl/N-ethyl adjacent to an activating group) is 1. The predicted molar refractivity (Wildman–Crippen MR) is 54.5 cm³/mol. The van der Waals surface area contributed by atoms with Gasteiger partial charge in [0.15, 0.2) is 0 Å². The van der Waals surface area contributed by atoms with E-state index in [1.54, 1.807) is 19.0 Å². The van der Waals surface area contributed by atoms with Crippen LogP contribution in [0.3, 0.4) is 0 Å². The van der Waals surface area contributed by atoms with Crippen LogP contribution in [0.15, 0.2) is 0 Å². The molecule has 1 N–H and O–H groups in total. The molecule has 86 valence electrons.